The third kappa shape index (κ3) is 4.65. The molecule has 1 heterocycles. The first-order valence-corrected chi connectivity index (χ1v) is 5.96. The van der Waals surface area contributed by atoms with E-state index in [0.717, 1.165) is 32.7 Å². The number of hydrogen-bond donors (Lipinski definition) is 1. The van der Waals surface area contributed by atoms with Gasteiger partial charge in [0.05, 0.1) is 6.61 Å². The van der Waals surface area contributed by atoms with Crippen molar-refractivity contribution < 1.29 is 13.8 Å². The molecule has 1 unspecified atom stereocenters. The standard InChI is InChI=1S/C10H19ClN2O3/c1-2-9(10(14)16-11)15-8-7-13-5-3-12-4-6-13/h9,12H,2-8H2,1H3. The van der Waals surface area contributed by atoms with Crippen LogP contribution in [0.4, 0.5) is 0 Å². The van der Waals surface area contributed by atoms with Crippen LogP contribution in [0.1, 0.15) is 13.3 Å². The summed E-state index contributed by atoms with van der Waals surface area (Å²) in [7, 11) is 0. The number of carbonyl (C=O) groups excluding carboxylic acids is 1. The second kappa shape index (κ2) is 7.84. The first-order chi connectivity index (χ1) is 7.77. The Morgan fingerprint density at radius 1 is 1.50 bits per heavy atom. The van der Waals surface area contributed by atoms with Crippen molar-refractivity contribution in [1.82, 2.24) is 10.2 Å². The molecular weight excluding hydrogens is 232 g/mol. The second-order valence-electron chi connectivity index (χ2n) is 3.76. The van der Waals surface area contributed by atoms with Crippen LogP contribution in [0.15, 0.2) is 0 Å². The number of rotatable bonds is 6. The highest BCUT2D eigenvalue weighted by molar-refractivity contribution is 6.13. The van der Waals surface area contributed by atoms with Crippen molar-refractivity contribution >= 4 is 17.8 Å². The van der Waals surface area contributed by atoms with Crippen molar-refractivity contribution in [2.24, 2.45) is 0 Å². The number of ether oxygens (including phenoxy) is 1. The van der Waals surface area contributed by atoms with E-state index in [0.29, 0.717) is 13.0 Å². The molecule has 6 heteroatoms. The maximum Gasteiger partial charge on any atom is 0.353 e. The molecule has 1 fully saturated rings. The number of nitrogens with one attached hydrogen (secondary N) is 1. The summed E-state index contributed by atoms with van der Waals surface area (Å²) in [6.45, 7) is 7.32. The molecule has 94 valence electrons. The molecule has 0 aromatic heterocycles. The third-order valence-electron chi connectivity index (χ3n) is 2.65. The lowest BCUT2D eigenvalue weighted by Crippen LogP contribution is -2.45. The minimum atomic E-state index is -0.541. The zero-order chi connectivity index (χ0) is 11.8. The Morgan fingerprint density at radius 3 is 2.75 bits per heavy atom. The van der Waals surface area contributed by atoms with E-state index < -0.39 is 12.1 Å². The molecule has 5 nitrogen and oxygen atoms in total. The second-order valence-corrected chi connectivity index (χ2v) is 3.91. The van der Waals surface area contributed by atoms with Crippen molar-refractivity contribution in [2.75, 3.05) is 39.3 Å². The molecule has 0 aromatic carbocycles. The van der Waals surface area contributed by atoms with Gasteiger partial charge in [-0.2, -0.15) is 0 Å². The van der Waals surface area contributed by atoms with Gasteiger partial charge in [0.25, 0.3) is 0 Å². The van der Waals surface area contributed by atoms with Crippen LogP contribution in [-0.2, 0) is 13.8 Å². The van der Waals surface area contributed by atoms with Crippen molar-refractivity contribution in [1.29, 1.82) is 0 Å². The van der Waals surface area contributed by atoms with Crippen LogP contribution in [0.25, 0.3) is 0 Å². The zero-order valence-electron chi connectivity index (χ0n) is 9.58. The van der Waals surface area contributed by atoms with Crippen LogP contribution in [0.2, 0.25) is 0 Å². The summed E-state index contributed by atoms with van der Waals surface area (Å²) in [6, 6.07) is 0. The van der Waals surface area contributed by atoms with Crippen molar-refractivity contribution in [3.05, 3.63) is 0 Å². The Bertz CT molecular complexity index is 210. The Hall–Kier alpha value is -0.360. The summed E-state index contributed by atoms with van der Waals surface area (Å²) in [5.74, 6) is -0.510. The molecule has 16 heavy (non-hydrogen) atoms. The van der Waals surface area contributed by atoms with Crippen molar-refractivity contribution in [3.63, 3.8) is 0 Å². The number of halogens is 1. The van der Waals surface area contributed by atoms with E-state index in [1.54, 1.807) is 0 Å². The molecule has 0 spiro atoms. The molecule has 0 aliphatic carbocycles. The SMILES string of the molecule is CCC(OCCN1CCNCC1)C(=O)OCl. The summed E-state index contributed by atoms with van der Waals surface area (Å²) < 4.78 is 9.56. The van der Waals surface area contributed by atoms with Gasteiger partial charge in [-0.25, -0.2) is 4.79 Å². The fourth-order valence-corrected chi connectivity index (χ4v) is 1.76. The van der Waals surface area contributed by atoms with Crippen LogP contribution < -0.4 is 5.32 Å². The van der Waals surface area contributed by atoms with Gasteiger partial charge < -0.3 is 14.3 Å². The van der Waals surface area contributed by atoms with Crippen molar-refractivity contribution in [2.45, 2.75) is 19.4 Å². The average Bonchev–Trinajstić information content (AvgIpc) is 2.35. The van der Waals surface area contributed by atoms with E-state index in [1.807, 2.05) is 6.92 Å². The lowest BCUT2D eigenvalue weighted by Gasteiger charge is -2.27. The summed E-state index contributed by atoms with van der Waals surface area (Å²) in [5.41, 5.74) is 0. The van der Waals surface area contributed by atoms with Gasteiger partial charge in [-0.3, -0.25) is 4.90 Å². The number of carbonyl (C=O) groups is 1. The van der Waals surface area contributed by atoms with E-state index in [1.165, 1.54) is 0 Å². The molecule has 0 bridgehead atoms. The summed E-state index contributed by atoms with van der Waals surface area (Å²) in [4.78, 5) is 13.4. The zero-order valence-corrected chi connectivity index (χ0v) is 10.3. The quantitative estimate of drug-likeness (QED) is 0.739. The van der Waals surface area contributed by atoms with Crippen molar-refractivity contribution in [3.8, 4) is 0 Å². The molecule has 1 aliphatic heterocycles. The lowest BCUT2D eigenvalue weighted by molar-refractivity contribution is -0.147. The van der Waals surface area contributed by atoms with Crippen LogP contribution in [0.3, 0.4) is 0 Å². The van der Waals surface area contributed by atoms with Crippen LogP contribution in [0, 0.1) is 0 Å². The largest absolute Gasteiger partial charge is 0.365 e. The van der Waals surface area contributed by atoms with Crippen LogP contribution in [-0.4, -0.2) is 56.3 Å². The van der Waals surface area contributed by atoms with Crippen LogP contribution in [0.5, 0.6) is 0 Å². The van der Waals surface area contributed by atoms with E-state index in [9.17, 15) is 4.79 Å². The minimum Gasteiger partial charge on any atom is -0.365 e. The fourth-order valence-electron chi connectivity index (χ4n) is 1.66. The molecular formula is C10H19ClN2O3. The Balaban J connectivity index is 2.14. The normalized spacial score (nSPS) is 19.4. The molecule has 1 N–H and O–H groups in total. The van der Waals surface area contributed by atoms with E-state index >= 15 is 0 Å². The highest BCUT2D eigenvalue weighted by Gasteiger charge is 2.19. The van der Waals surface area contributed by atoms with Gasteiger partial charge in [0.15, 0.2) is 6.10 Å². The summed E-state index contributed by atoms with van der Waals surface area (Å²) >= 11 is 5.00. The molecule has 1 aliphatic rings. The maximum absolute atomic E-state index is 11.1. The van der Waals surface area contributed by atoms with Gasteiger partial charge in [-0.05, 0) is 6.42 Å². The average molecular weight is 251 g/mol. The van der Waals surface area contributed by atoms with Crippen LogP contribution >= 0.6 is 11.9 Å². The molecule has 0 saturated carbocycles. The maximum atomic E-state index is 11.1. The smallest absolute Gasteiger partial charge is 0.353 e. The molecule has 0 aromatic rings. The fraction of sp³-hybridized carbons (Fsp3) is 0.900. The first-order valence-electron chi connectivity index (χ1n) is 5.65. The molecule has 1 atom stereocenters. The number of piperazine rings is 1. The van der Waals surface area contributed by atoms with Gasteiger partial charge in [-0.1, -0.05) is 6.92 Å². The predicted octanol–water partition coefficient (Wildman–Crippen LogP) is 0.384. The van der Waals surface area contributed by atoms with Gasteiger partial charge in [0.2, 0.25) is 0 Å². The predicted molar refractivity (Wildman–Crippen MR) is 61.3 cm³/mol. The molecule has 1 saturated heterocycles. The van der Waals surface area contributed by atoms with E-state index in [2.05, 4.69) is 14.5 Å². The number of hydrogen-bond acceptors (Lipinski definition) is 5. The number of nitrogens with zero attached hydrogens (tertiary/aromatic N) is 1. The van der Waals surface area contributed by atoms with Gasteiger partial charge >= 0.3 is 5.97 Å². The van der Waals surface area contributed by atoms with Gasteiger partial charge in [0.1, 0.15) is 11.9 Å². The Labute approximate surface area is 101 Å². The summed E-state index contributed by atoms with van der Waals surface area (Å²) in [5, 5.41) is 3.28. The minimum absolute atomic E-state index is 0.510. The third-order valence-corrected chi connectivity index (χ3v) is 2.80. The lowest BCUT2D eigenvalue weighted by atomic mass is 10.3. The van der Waals surface area contributed by atoms with E-state index in [4.69, 9.17) is 16.6 Å². The molecule has 0 radical (unpaired) electrons. The monoisotopic (exact) mass is 250 g/mol. The first kappa shape index (κ1) is 13.7. The molecule has 1 rings (SSSR count). The highest BCUT2D eigenvalue weighted by atomic mass is 35.5. The molecule has 0 amide bonds. The Morgan fingerprint density at radius 2 is 2.19 bits per heavy atom. The van der Waals surface area contributed by atoms with E-state index in [-0.39, 0.29) is 0 Å². The van der Waals surface area contributed by atoms with Gasteiger partial charge in [-0.15, -0.1) is 0 Å². The topological polar surface area (TPSA) is 50.8 Å². The summed E-state index contributed by atoms with van der Waals surface area (Å²) in [6.07, 6.45) is 0.0352. The highest BCUT2D eigenvalue weighted by Crippen LogP contribution is 2.03. The van der Waals surface area contributed by atoms with Gasteiger partial charge in [0, 0.05) is 32.7 Å². The Kier molecular flexibility index (Phi) is 6.71.